The number of rotatable bonds is 4. The lowest BCUT2D eigenvalue weighted by Gasteiger charge is -2.25. The van der Waals surface area contributed by atoms with Crippen molar-refractivity contribution in [3.05, 3.63) is 6.07 Å². The predicted octanol–water partition coefficient (Wildman–Crippen LogP) is 3.16. The first kappa shape index (κ1) is 13.5. The molecule has 3 N–H and O–H groups in total. The zero-order valence-corrected chi connectivity index (χ0v) is 12.0. The number of aromatic nitrogens is 2. The Hall–Kier alpha value is -0.970. The van der Waals surface area contributed by atoms with Gasteiger partial charge in [0, 0.05) is 17.9 Å². The molecule has 2 unspecified atom stereocenters. The normalized spacial score (nSPS) is 23.9. The monoisotopic (exact) mass is 266 g/mol. The third kappa shape index (κ3) is 3.77. The Bertz CT molecular complexity index is 397. The van der Waals surface area contributed by atoms with Crippen LogP contribution in [0.2, 0.25) is 0 Å². The van der Waals surface area contributed by atoms with Crippen molar-refractivity contribution in [1.29, 1.82) is 0 Å². The minimum absolute atomic E-state index is 0.361. The lowest BCUT2D eigenvalue weighted by Crippen LogP contribution is -2.15. The summed E-state index contributed by atoms with van der Waals surface area (Å²) in [6.45, 7) is 5.24. The molecule has 5 heteroatoms. The van der Waals surface area contributed by atoms with Crippen LogP contribution in [0.3, 0.4) is 0 Å². The molecule has 0 aliphatic heterocycles. The molecule has 2 atom stereocenters. The number of nitrogens with one attached hydrogen (secondary N) is 1. The Labute approximate surface area is 113 Å². The van der Waals surface area contributed by atoms with E-state index >= 15 is 0 Å². The van der Waals surface area contributed by atoms with E-state index in [0.717, 1.165) is 23.3 Å². The Morgan fingerprint density at radius 1 is 1.44 bits per heavy atom. The average Bonchev–Trinajstić information content (AvgIpc) is 2.28. The fourth-order valence-corrected chi connectivity index (χ4v) is 3.81. The van der Waals surface area contributed by atoms with Gasteiger partial charge in [0.15, 0.2) is 0 Å². The van der Waals surface area contributed by atoms with Gasteiger partial charge in [-0.15, -0.1) is 11.8 Å². The molecular weight excluding hydrogens is 244 g/mol. The van der Waals surface area contributed by atoms with E-state index in [1.54, 1.807) is 0 Å². The van der Waals surface area contributed by atoms with E-state index in [1.165, 1.54) is 25.7 Å². The molecule has 0 spiro atoms. The molecule has 0 radical (unpaired) electrons. The lowest BCUT2D eigenvalue weighted by atomic mass is 9.91. The summed E-state index contributed by atoms with van der Waals surface area (Å²) in [5, 5.41) is 4.87. The highest BCUT2D eigenvalue weighted by Gasteiger charge is 2.20. The molecule has 1 aliphatic carbocycles. The molecule has 0 aromatic carbocycles. The fourth-order valence-electron chi connectivity index (χ4n) is 2.43. The van der Waals surface area contributed by atoms with Crippen LogP contribution in [-0.2, 0) is 0 Å². The van der Waals surface area contributed by atoms with E-state index in [-0.39, 0.29) is 0 Å². The molecule has 0 bridgehead atoms. The number of hydrogen-bond donors (Lipinski definition) is 2. The first-order valence-corrected chi connectivity index (χ1v) is 7.60. The van der Waals surface area contributed by atoms with Crippen LogP contribution in [0.1, 0.15) is 39.5 Å². The van der Waals surface area contributed by atoms with Gasteiger partial charge < -0.3 is 11.1 Å². The Morgan fingerprint density at radius 2 is 2.28 bits per heavy atom. The van der Waals surface area contributed by atoms with E-state index in [0.29, 0.717) is 11.2 Å². The quantitative estimate of drug-likeness (QED) is 0.820. The summed E-state index contributed by atoms with van der Waals surface area (Å²) in [6.07, 6.45) is 5.27. The van der Waals surface area contributed by atoms with Gasteiger partial charge in [-0.3, -0.25) is 0 Å². The zero-order chi connectivity index (χ0) is 13.0. The van der Waals surface area contributed by atoms with Gasteiger partial charge >= 0.3 is 0 Å². The molecule has 1 fully saturated rings. The molecular formula is C13H22N4S. The first-order chi connectivity index (χ1) is 8.67. The van der Waals surface area contributed by atoms with Gasteiger partial charge in [0.05, 0.1) is 0 Å². The van der Waals surface area contributed by atoms with Crippen LogP contribution in [0, 0.1) is 5.92 Å². The highest BCUT2D eigenvalue weighted by Crippen LogP contribution is 2.35. The van der Waals surface area contributed by atoms with Gasteiger partial charge in [0.1, 0.15) is 10.8 Å². The van der Waals surface area contributed by atoms with Crippen LogP contribution in [0.25, 0.3) is 0 Å². The van der Waals surface area contributed by atoms with Gasteiger partial charge in [-0.05, 0) is 25.7 Å². The SMILES string of the molecule is CCNc1cc(SC2CCCC(C)C2)nc(N)n1. The number of nitrogens with zero attached hydrogens (tertiary/aromatic N) is 2. The third-order valence-electron chi connectivity index (χ3n) is 3.25. The summed E-state index contributed by atoms with van der Waals surface area (Å²) < 4.78 is 0. The Kier molecular flexibility index (Phi) is 4.69. The standard InChI is InChI=1S/C13H22N4S/c1-3-15-11-8-12(17-13(14)16-11)18-10-6-4-5-9(2)7-10/h8-10H,3-7H2,1-2H3,(H3,14,15,16,17). The molecule has 1 saturated carbocycles. The second kappa shape index (κ2) is 6.27. The summed E-state index contributed by atoms with van der Waals surface area (Å²) in [5.41, 5.74) is 5.75. The van der Waals surface area contributed by atoms with Crippen molar-refractivity contribution in [3.63, 3.8) is 0 Å². The van der Waals surface area contributed by atoms with Crippen molar-refractivity contribution in [3.8, 4) is 0 Å². The largest absolute Gasteiger partial charge is 0.370 e. The highest BCUT2D eigenvalue weighted by molar-refractivity contribution is 7.99. The van der Waals surface area contributed by atoms with Crippen molar-refractivity contribution in [2.45, 2.75) is 49.8 Å². The van der Waals surface area contributed by atoms with E-state index in [9.17, 15) is 0 Å². The van der Waals surface area contributed by atoms with Crippen molar-refractivity contribution >= 4 is 23.5 Å². The van der Waals surface area contributed by atoms with Crippen molar-refractivity contribution in [1.82, 2.24) is 9.97 Å². The minimum Gasteiger partial charge on any atom is -0.370 e. The molecule has 18 heavy (non-hydrogen) atoms. The smallest absolute Gasteiger partial charge is 0.223 e. The molecule has 0 amide bonds. The summed E-state index contributed by atoms with van der Waals surface area (Å²) in [4.78, 5) is 8.50. The Balaban J connectivity index is 2.03. The maximum Gasteiger partial charge on any atom is 0.223 e. The van der Waals surface area contributed by atoms with Crippen LogP contribution in [-0.4, -0.2) is 21.8 Å². The molecule has 0 saturated heterocycles. The second-order valence-corrected chi connectivity index (χ2v) is 6.31. The maximum atomic E-state index is 5.75. The number of thioether (sulfide) groups is 1. The molecule has 1 heterocycles. The van der Waals surface area contributed by atoms with E-state index in [2.05, 4.69) is 22.2 Å². The third-order valence-corrected chi connectivity index (χ3v) is 4.47. The van der Waals surface area contributed by atoms with Crippen LogP contribution >= 0.6 is 11.8 Å². The van der Waals surface area contributed by atoms with Gasteiger partial charge in [0.2, 0.25) is 5.95 Å². The number of nitrogens with two attached hydrogens (primary N) is 1. The fraction of sp³-hybridized carbons (Fsp3) is 0.692. The lowest BCUT2D eigenvalue weighted by molar-refractivity contribution is 0.394. The van der Waals surface area contributed by atoms with Crippen LogP contribution < -0.4 is 11.1 Å². The van der Waals surface area contributed by atoms with Crippen molar-refractivity contribution < 1.29 is 0 Å². The minimum atomic E-state index is 0.361. The average molecular weight is 266 g/mol. The van der Waals surface area contributed by atoms with Crippen molar-refractivity contribution in [2.24, 2.45) is 5.92 Å². The van der Waals surface area contributed by atoms with E-state index in [1.807, 2.05) is 24.8 Å². The number of anilines is 2. The molecule has 2 rings (SSSR count). The zero-order valence-electron chi connectivity index (χ0n) is 11.1. The van der Waals surface area contributed by atoms with E-state index in [4.69, 9.17) is 5.73 Å². The summed E-state index contributed by atoms with van der Waals surface area (Å²) in [6, 6.07) is 2.00. The van der Waals surface area contributed by atoms with Gasteiger partial charge in [0.25, 0.3) is 0 Å². The molecule has 1 aromatic heterocycles. The van der Waals surface area contributed by atoms with Crippen LogP contribution in [0.15, 0.2) is 11.1 Å². The van der Waals surface area contributed by atoms with Gasteiger partial charge in [-0.25, -0.2) is 4.98 Å². The Morgan fingerprint density at radius 3 is 3.00 bits per heavy atom. The second-order valence-electron chi connectivity index (χ2n) is 4.99. The number of nitrogen functional groups attached to an aromatic ring is 1. The molecule has 1 aliphatic rings. The molecule has 4 nitrogen and oxygen atoms in total. The van der Waals surface area contributed by atoms with Crippen LogP contribution in [0.4, 0.5) is 11.8 Å². The highest BCUT2D eigenvalue weighted by atomic mass is 32.2. The first-order valence-electron chi connectivity index (χ1n) is 6.72. The summed E-state index contributed by atoms with van der Waals surface area (Å²) in [7, 11) is 0. The van der Waals surface area contributed by atoms with Crippen LogP contribution in [0.5, 0.6) is 0 Å². The van der Waals surface area contributed by atoms with Crippen molar-refractivity contribution in [2.75, 3.05) is 17.6 Å². The molecule has 1 aromatic rings. The van der Waals surface area contributed by atoms with E-state index < -0.39 is 0 Å². The maximum absolute atomic E-state index is 5.75. The molecule has 100 valence electrons. The topological polar surface area (TPSA) is 63.8 Å². The number of hydrogen-bond acceptors (Lipinski definition) is 5. The predicted molar refractivity (Wildman–Crippen MR) is 77.9 cm³/mol. The van der Waals surface area contributed by atoms with Gasteiger partial charge in [-0.1, -0.05) is 19.8 Å². The van der Waals surface area contributed by atoms with Gasteiger partial charge in [-0.2, -0.15) is 4.98 Å². The summed E-state index contributed by atoms with van der Waals surface area (Å²) >= 11 is 1.85. The summed E-state index contributed by atoms with van der Waals surface area (Å²) in [5.74, 6) is 2.03.